The lowest BCUT2D eigenvalue weighted by Crippen LogP contribution is -2.54. The molecule has 0 bridgehead atoms. The average Bonchev–Trinajstić information content (AvgIpc) is 3.19. The molecule has 3 aliphatic heterocycles. The number of benzene rings is 2. The molecule has 38 heavy (non-hydrogen) atoms. The van der Waals surface area contributed by atoms with E-state index in [2.05, 4.69) is 46.7 Å². The summed E-state index contributed by atoms with van der Waals surface area (Å²) in [5, 5.41) is 5.52. The van der Waals surface area contributed by atoms with Crippen molar-refractivity contribution in [3.63, 3.8) is 0 Å². The maximum Gasteiger partial charge on any atom is 0.264 e. The van der Waals surface area contributed by atoms with Crippen molar-refractivity contribution in [1.29, 1.82) is 0 Å². The van der Waals surface area contributed by atoms with E-state index in [-0.39, 0.29) is 29.6 Å². The van der Waals surface area contributed by atoms with Gasteiger partial charge in [0.05, 0.1) is 16.7 Å². The summed E-state index contributed by atoms with van der Waals surface area (Å²) in [7, 11) is 1.82. The number of anilines is 1. The highest BCUT2D eigenvalue weighted by Gasteiger charge is 2.45. The van der Waals surface area contributed by atoms with Crippen molar-refractivity contribution in [2.45, 2.75) is 63.8 Å². The summed E-state index contributed by atoms with van der Waals surface area (Å²) < 4.78 is 5.79. The molecule has 2 aromatic rings. The van der Waals surface area contributed by atoms with E-state index < -0.39 is 29.7 Å². The number of hydrogen-bond acceptors (Lipinski definition) is 7. The van der Waals surface area contributed by atoms with Gasteiger partial charge in [0.15, 0.2) is 0 Å². The molecule has 4 amide bonds. The number of nitrogens with one attached hydrogen (secondary N) is 2. The van der Waals surface area contributed by atoms with Crippen molar-refractivity contribution >= 4 is 29.3 Å². The van der Waals surface area contributed by atoms with Crippen LogP contribution in [0.25, 0.3) is 0 Å². The van der Waals surface area contributed by atoms with Crippen LogP contribution in [0.15, 0.2) is 42.5 Å². The summed E-state index contributed by atoms with van der Waals surface area (Å²) in [6, 6.07) is 12.5. The predicted octanol–water partition coefficient (Wildman–Crippen LogP) is 3.09. The molecule has 0 aliphatic carbocycles. The topological polar surface area (TPSA) is 108 Å². The number of fused-ring (bicyclic) bond motifs is 1. The Balaban J connectivity index is 1.21. The summed E-state index contributed by atoms with van der Waals surface area (Å²) in [5.41, 5.74) is 3.40. The quantitative estimate of drug-likeness (QED) is 0.517. The summed E-state index contributed by atoms with van der Waals surface area (Å²) >= 11 is 0. The minimum absolute atomic E-state index is 0.0224. The molecule has 0 saturated carbocycles. The van der Waals surface area contributed by atoms with Crippen LogP contribution in [0.3, 0.4) is 0 Å². The van der Waals surface area contributed by atoms with Gasteiger partial charge >= 0.3 is 0 Å². The second-order valence-electron chi connectivity index (χ2n) is 10.4. The number of imide groups is 2. The summed E-state index contributed by atoms with van der Waals surface area (Å²) in [5.74, 6) is -2.03. The molecule has 3 aliphatic rings. The van der Waals surface area contributed by atoms with Crippen LogP contribution in [0.5, 0.6) is 0 Å². The molecule has 5 rings (SSSR count). The van der Waals surface area contributed by atoms with Crippen LogP contribution in [0.2, 0.25) is 0 Å². The summed E-state index contributed by atoms with van der Waals surface area (Å²) in [6.45, 7) is 5.61. The first-order valence-corrected chi connectivity index (χ1v) is 13.3. The number of rotatable bonds is 8. The fourth-order valence-corrected chi connectivity index (χ4v) is 5.70. The fraction of sp³-hybridized carbons (Fsp3) is 0.448. The highest BCUT2D eigenvalue weighted by molar-refractivity contribution is 6.25. The Labute approximate surface area is 222 Å². The Bertz CT molecular complexity index is 1240. The summed E-state index contributed by atoms with van der Waals surface area (Å²) in [6.07, 6.45) is 3.36. The van der Waals surface area contributed by atoms with Crippen LogP contribution >= 0.6 is 0 Å². The van der Waals surface area contributed by atoms with Gasteiger partial charge in [0.2, 0.25) is 11.8 Å². The molecule has 2 saturated heterocycles. The van der Waals surface area contributed by atoms with Crippen molar-refractivity contribution in [2.75, 3.05) is 25.5 Å². The number of nitrogens with zero attached hydrogens (tertiary/aromatic N) is 2. The van der Waals surface area contributed by atoms with Gasteiger partial charge in [-0.1, -0.05) is 37.3 Å². The number of carbonyl (C=O) groups is 4. The number of piperidine rings is 2. The van der Waals surface area contributed by atoms with Crippen molar-refractivity contribution in [2.24, 2.45) is 0 Å². The zero-order chi connectivity index (χ0) is 26.9. The van der Waals surface area contributed by atoms with Gasteiger partial charge < -0.3 is 10.1 Å². The van der Waals surface area contributed by atoms with Crippen molar-refractivity contribution in [1.82, 2.24) is 15.1 Å². The van der Waals surface area contributed by atoms with Crippen molar-refractivity contribution in [3.05, 3.63) is 64.7 Å². The zero-order valence-corrected chi connectivity index (χ0v) is 21.9. The Morgan fingerprint density at radius 3 is 2.37 bits per heavy atom. The average molecular weight is 519 g/mol. The lowest BCUT2D eigenvalue weighted by atomic mass is 9.88. The number of methoxy groups -OCH3 is 1. The number of carbonyl (C=O) groups excluding carboxylic acids is 4. The molecule has 9 heteroatoms. The molecule has 200 valence electrons. The van der Waals surface area contributed by atoms with Gasteiger partial charge in [0, 0.05) is 45.4 Å². The summed E-state index contributed by atoms with van der Waals surface area (Å²) in [4.78, 5) is 53.6. The van der Waals surface area contributed by atoms with Crippen molar-refractivity contribution in [3.8, 4) is 0 Å². The lowest BCUT2D eigenvalue weighted by Gasteiger charge is -2.40. The third-order valence-corrected chi connectivity index (χ3v) is 8.22. The van der Waals surface area contributed by atoms with Crippen molar-refractivity contribution < 1.29 is 23.9 Å². The smallest absolute Gasteiger partial charge is 0.264 e. The lowest BCUT2D eigenvalue weighted by molar-refractivity contribution is -0.136. The van der Waals surface area contributed by atoms with E-state index in [1.807, 2.05) is 7.11 Å². The molecule has 1 unspecified atom stereocenters. The van der Waals surface area contributed by atoms with Gasteiger partial charge in [0.1, 0.15) is 6.04 Å². The molecule has 2 aromatic carbocycles. The number of ether oxygens (including phenoxy) is 1. The van der Waals surface area contributed by atoms with Crippen LogP contribution in [-0.2, 0) is 27.4 Å². The van der Waals surface area contributed by atoms with Gasteiger partial charge in [-0.25, -0.2) is 0 Å². The van der Waals surface area contributed by atoms with Gasteiger partial charge in [-0.15, -0.1) is 0 Å². The first-order valence-electron chi connectivity index (χ1n) is 13.3. The highest BCUT2D eigenvalue weighted by Crippen LogP contribution is 2.33. The molecule has 9 nitrogen and oxygen atoms in total. The highest BCUT2D eigenvalue weighted by atomic mass is 16.5. The fourth-order valence-electron chi connectivity index (χ4n) is 5.70. The second kappa shape index (κ2) is 10.7. The second-order valence-corrected chi connectivity index (χ2v) is 10.4. The third-order valence-electron chi connectivity index (χ3n) is 8.22. The first kappa shape index (κ1) is 26.1. The van der Waals surface area contributed by atoms with Gasteiger partial charge in [-0.2, -0.15) is 0 Å². The largest absolute Gasteiger partial charge is 0.380 e. The van der Waals surface area contributed by atoms with E-state index in [0.29, 0.717) is 12.2 Å². The van der Waals surface area contributed by atoms with E-state index in [1.165, 1.54) is 5.56 Å². The van der Waals surface area contributed by atoms with E-state index in [9.17, 15) is 19.2 Å². The maximum atomic E-state index is 13.3. The molecule has 0 aromatic heterocycles. The molecule has 2 fully saturated rings. The normalized spacial score (nSPS) is 21.4. The Morgan fingerprint density at radius 2 is 1.71 bits per heavy atom. The number of hydrogen-bond donors (Lipinski definition) is 2. The molecule has 3 heterocycles. The Kier molecular flexibility index (Phi) is 7.32. The van der Waals surface area contributed by atoms with E-state index >= 15 is 0 Å². The van der Waals surface area contributed by atoms with E-state index in [4.69, 9.17) is 4.74 Å². The first-order chi connectivity index (χ1) is 18.3. The molecule has 0 spiro atoms. The zero-order valence-electron chi connectivity index (χ0n) is 21.9. The SMILES string of the molecule is CCC1(OC)CCN(Cc2ccc(CNc3cccc4c3C(=O)N(C3CCC(=O)NC3=O)C4=O)cc2)CC1. The van der Waals surface area contributed by atoms with E-state index in [0.717, 1.165) is 49.4 Å². The Morgan fingerprint density at radius 1 is 1.00 bits per heavy atom. The van der Waals surface area contributed by atoms with Crippen LogP contribution in [0.1, 0.15) is 70.9 Å². The Hall–Kier alpha value is -3.56. The molecule has 2 N–H and O–H groups in total. The molecule has 0 radical (unpaired) electrons. The monoisotopic (exact) mass is 518 g/mol. The van der Waals surface area contributed by atoms with Crippen LogP contribution < -0.4 is 10.6 Å². The molecular weight excluding hydrogens is 484 g/mol. The van der Waals surface area contributed by atoms with E-state index in [1.54, 1.807) is 18.2 Å². The minimum atomic E-state index is -0.978. The number of likely N-dealkylation sites (tertiary alicyclic amines) is 1. The maximum absolute atomic E-state index is 13.3. The predicted molar refractivity (Wildman–Crippen MR) is 141 cm³/mol. The third kappa shape index (κ3) is 4.96. The van der Waals surface area contributed by atoms with Crippen LogP contribution in [-0.4, -0.2) is 65.3 Å². The van der Waals surface area contributed by atoms with Gasteiger partial charge in [0.25, 0.3) is 11.8 Å². The number of amides is 4. The van der Waals surface area contributed by atoms with Crippen LogP contribution in [0, 0.1) is 0 Å². The standard InChI is InChI=1S/C29H34N4O5/c1-3-29(38-2)13-15-32(16-14-29)18-20-9-7-19(8-10-20)17-30-22-6-4-5-21-25(22)28(37)33(27(21)36)23-11-12-24(34)31-26(23)35/h4-10,23,30H,3,11-18H2,1-2H3,(H,31,34,35). The minimum Gasteiger partial charge on any atom is -0.380 e. The van der Waals surface area contributed by atoms with Gasteiger partial charge in [-0.3, -0.25) is 34.3 Å². The van der Waals surface area contributed by atoms with Gasteiger partial charge in [-0.05, 0) is 48.9 Å². The molecule has 1 atom stereocenters. The van der Waals surface area contributed by atoms with Crippen LogP contribution in [0.4, 0.5) is 5.69 Å². The molecular formula is C29H34N4O5.